The van der Waals surface area contributed by atoms with Crippen LogP contribution in [0, 0.1) is 0 Å². The fraction of sp³-hybridized carbons (Fsp3) is 0.923. The number of carbonyl (C=O) groups excluding carboxylic acids is 1. The van der Waals surface area contributed by atoms with Crippen LogP contribution >= 0.6 is 11.8 Å². The monoisotopic (exact) mass is 256 g/mol. The zero-order valence-corrected chi connectivity index (χ0v) is 11.1. The Labute approximate surface area is 108 Å². The van der Waals surface area contributed by atoms with E-state index in [0.29, 0.717) is 5.91 Å². The van der Waals surface area contributed by atoms with Crippen LogP contribution in [0.25, 0.3) is 0 Å². The van der Waals surface area contributed by atoms with Gasteiger partial charge in [-0.1, -0.05) is 19.3 Å². The van der Waals surface area contributed by atoms with Gasteiger partial charge in [0.05, 0.1) is 0 Å². The highest BCUT2D eigenvalue weighted by molar-refractivity contribution is 6.16. The summed E-state index contributed by atoms with van der Waals surface area (Å²) in [4.78, 5) is 14.6. The summed E-state index contributed by atoms with van der Waals surface area (Å²) in [5.41, 5.74) is -0.139. The van der Waals surface area contributed by atoms with E-state index in [-0.39, 0.29) is 11.7 Å². The van der Waals surface area contributed by atoms with Gasteiger partial charge in [0.2, 0.25) is 5.91 Å². The molecule has 3 rings (SSSR count). The first-order valence-corrected chi connectivity index (χ1v) is 7.36. The summed E-state index contributed by atoms with van der Waals surface area (Å²) in [6.45, 7) is 0.915. The molecule has 3 aliphatic rings. The lowest BCUT2D eigenvalue weighted by atomic mass is 9.93. The molecule has 17 heavy (non-hydrogen) atoms. The highest BCUT2D eigenvalue weighted by Gasteiger charge is 2.56. The maximum Gasteiger partial charge on any atom is 0.242 e. The summed E-state index contributed by atoms with van der Waals surface area (Å²) >= 11 is 6.56. The molecule has 0 radical (unpaired) electrons. The molecule has 0 saturated carbocycles. The average Bonchev–Trinajstić information content (AvgIpc) is 2.47. The topological polar surface area (TPSA) is 23.6 Å². The highest BCUT2D eigenvalue weighted by atomic mass is 35.5. The predicted molar refractivity (Wildman–Crippen MR) is 67.5 cm³/mol. The van der Waals surface area contributed by atoms with Gasteiger partial charge in [-0.05, 0) is 50.3 Å². The summed E-state index contributed by atoms with van der Waals surface area (Å²) in [7, 11) is 0. The van der Waals surface area contributed by atoms with E-state index in [9.17, 15) is 4.79 Å². The molecule has 2 unspecified atom stereocenters. The molecule has 3 fully saturated rings. The largest absolute Gasteiger partial charge is 0.322 e. The number of fused-ring (bicyclic) bond motifs is 1. The van der Waals surface area contributed by atoms with E-state index in [2.05, 4.69) is 4.90 Å². The van der Waals surface area contributed by atoms with Gasteiger partial charge in [0.25, 0.3) is 0 Å². The first-order chi connectivity index (χ1) is 8.26. The van der Waals surface area contributed by atoms with E-state index in [1.807, 2.05) is 4.42 Å². The van der Waals surface area contributed by atoms with Crippen LogP contribution in [0.15, 0.2) is 0 Å². The van der Waals surface area contributed by atoms with Crippen LogP contribution in [0.5, 0.6) is 0 Å². The molecule has 2 atom stereocenters. The van der Waals surface area contributed by atoms with Crippen molar-refractivity contribution in [2.45, 2.75) is 69.5 Å². The Morgan fingerprint density at radius 1 is 1.06 bits per heavy atom. The van der Waals surface area contributed by atoms with Crippen molar-refractivity contribution in [1.29, 1.82) is 0 Å². The lowest BCUT2D eigenvalue weighted by Gasteiger charge is -2.41. The fourth-order valence-corrected chi connectivity index (χ4v) is 4.27. The Morgan fingerprint density at radius 2 is 1.76 bits per heavy atom. The summed E-state index contributed by atoms with van der Waals surface area (Å²) in [6.07, 6.45) is 10.3. The summed E-state index contributed by atoms with van der Waals surface area (Å²) in [5.74, 6) is 0.295. The number of nitrogens with zero attached hydrogens (tertiary/aromatic N) is 2. The average molecular weight is 257 g/mol. The lowest BCUT2D eigenvalue weighted by Crippen LogP contribution is -2.51. The molecule has 1 spiro atoms. The number of rotatable bonds is 0. The Balaban J connectivity index is 1.98. The van der Waals surface area contributed by atoms with Crippen molar-refractivity contribution in [2.75, 3.05) is 6.54 Å². The number of hydrogen-bond donors (Lipinski definition) is 0. The van der Waals surface area contributed by atoms with Crippen molar-refractivity contribution >= 4 is 17.7 Å². The first kappa shape index (κ1) is 11.8. The van der Waals surface area contributed by atoms with E-state index < -0.39 is 0 Å². The third-order valence-electron chi connectivity index (χ3n) is 4.74. The zero-order valence-electron chi connectivity index (χ0n) is 10.3. The van der Waals surface area contributed by atoms with Gasteiger partial charge in [-0.15, -0.1) is 0 Å². The van der Waals surface area contributed by atoms with Crippen LogP contribution in [0.3, 0.4) is 0 Å². The molecule has 3 heterocycles. The van der Waals surface area contributed by atoms with Crippen molar-refractivity contribution < 1.29 is 4.79 Å². The van der Waals surface area contributed by atoms with Gasteiger partial charge in [-0.3, -0.25) is 4.79 Å². The summed E-state index contributed by atoms with van der Waals surface area (Å²) in [6, 6.07) is -0.0462. The van der Waals surface area contributed by atoms with Gasteiger partial charge < -0.3 is 4.90 Å². The zero-order chi connectivity index (χ0) is 11.9. The van der Waals surface area contributed by atoms with Gasteiger partial charge in [0.1, 0.15) is 11.7 Å². The third-order valence-corrected chi connectivity index (χ3v) is 5.29. The number of halogens is 1. The van der Waals surface area contributed by atoms with Crippen molar-refractivity contribution in [3.63, 3.8) is 0 Å². The molecule has 0 aromatic carbocycles. The van der Waals surface area contributed by atoms with Crippen LogP contribution in [0.1, 0.15) is 57.8 Å². The lowest BCUT2D eigenvalue weighted by molar-refractivity contribution is -0.132. The first-order valence-electron chi connectivity index (χ1n) is 7.02. The van der Waals surface area contributed by atoms with Gasteiger partial charge in [-0.2, -0.15) is 4.42 Å². The van der Waals surface area contributed by atoms with E-state index in [4.69, 9.17) is 11.8 Å². The van der Waals surface area contributed by atoms with Gasteiger partial charge in [0, 0.05) is 6.54 Å². The molecule has 3 aliphatic heterocycles. The Hall–Kier alpha value is -0.280. The number of carbonyl (C=O) groups is 1. The number of amides is 1. The van der Waals surface area contributed by atoms with Crippen LogP contribution in [-0.2, 0) is 4.79 Å². The second kappa shape index (κ2) is 4.43. The van der Waals surface area contributed by atoms with Crippen LogP contribution < -0.4 is 0 Å². The SMILES string of the molecule is O=C1C2CCCCCC3(CCCCCN13)N2Cl. The molecule has 0 aromatic heterocycles. The normalized spacial score (nSPS) is 39.5. The van der Waals surface area contributed by atoms with Crippen molar-refractivity contribution in [3.05, 3.63) is 0 Å². The Kier molecular flexibility index (Phi) is 3.07. The van der Waals surface area contributed by atoms with E-state index in [1.54, 1.807) is 0 Å². The Bertz CT molecular complexity index is 323. The van der Waals surface area contributed by atoms with E-state index in [1.165, 1.54) is 25.7 Å². The molecule has 2 bridgehead atoms. The molecular formula is C13H21ClN2O. The molecule has 96 valence electrons. The molecule has 3 nitrogen and oxygen atoms in total. The smallest absolute Gasteiger partial charge is 0.242 e. The fourth-order valence-electron chi connectivity index (χ4n) is 3.83. The number of hydrogen-bond acceptors (Lipinski definition) is 2. The third kappa shape index (κ3) is 1.70. The maximum atomic E-state index is 12.5. The summed E-state index contributed by atoms with van der Waals surface area (Å²) in [5, 5.41) is 0. The second-order valence-electron chi connectivity index (χ2n) is 5.71. The minimum Gasteiger partial charge on any atom is -0.322 e. The summed E-state index contributed by atoms with van der Waals surface area (Å²) < 4.78 is 1.90. The van der Waals surface area contributed by atoms with E-state index >= 15 is 0 Å². The minimum absolute atomic E-state index is 0.0462. The standard InChI is InChI=1S/C13H21ClN2O/c14-16-11-7-3-1-4-8-13(16)9-5-2-6-10-15(13)12(11)17/h11H,1-10H2. The molecule has 0 aliphatic carbocycles. The van der Waals surface area contributed by atoms with Gasteiger partial charge in [0.15, 0.2) is 0 Å². The van der Waals surface area contributed by atoms with Crippen LogP contribution in [-0.4, -0.2) is 33.5 Å². The quantitative estimate of drug-likeness (QED) is 0.623. The highest BCUT2D eigenvalue weighted by Crippen LogP contribution is 2.45. The predicted octanol–water partition coefficient (Wildman–Crippen LogP) is 2.89. The molecule has 0 aromatic rings. The molecule has 1 amide bonds. The second-order valence-corrected chi connectivity index (χ2v) is 6.07. The van der Waals surface area contributed by atoms with Crippen molar-refractivity contribution in [1.82, 2.24) is 9.32 Å². The van der Waals surface area contributed by atoms with Crippen LogP contribution in [0.4, 0.5) is 0 Å². The van der Waals surface area contributed by atoms with Crippen molar-refractivity contribution in [2.24, 2.45) is 0 Å². The molecule has 4 heteroatoms. The molecule has 0 N–H and O–H groups in total. The van der Waals surface area contributed by atoms with Gasteiger partial charge >= 0.3 is 0 Å². The molecule has 3 saturated heterocycles. The maximum absolute atomic E-state index is 12.5. The Morgan fingerprint density at radius 3 is 2.53 bits per heavy atom. The van der Waals surface area contributed by atoms with Gasteiger partial charge in [-0.25, -0.2) is 0 Å². The molecular weight excluding hydrogens is 236 g/mol. The minimum atomic E-state index is -0.139. The van der Waals surface area contributed by atoms with Crippen molar-refractivity contribution in [3.8, 4) is 0 Å². The van der Waals surface area contributed by atoms with E-state index in [0.717, 1.165) is 38.6 Å². The van der Waals surface area contributed by atoms with Crippen LogP contribution in [0.2, 0.25) is 0 Å².